The number of nitrogens with two attached hydrogens (primary N) is 1. The minimum atomic E-state index is -3.41. The third-order valence-electron chi connectivity index (χ3n) is 3.39. The van der Waals surface area contributed by atoms with Gasteiger partial charge in [-0.15, -0.1) is 12.4 Å². The number of sulfonamides is 1. The molecule has 0 fully saturated rings. The van der Waals surface area contributed by atoms with Crippen LogP contribution in [-0.4, -0.2) is 26.4 Å². The molecule has 1 rings (SSSR count). The molecule has 0 bridgehead atoms. The van der Waals surface area contributed by atoms with Gasteiger partial charge in [-0.05, 0) is 37.3 Å². The zero-order chi connectivity index (χ0) is 18.3. The van der Waals surface area contributed by atoms with Crippen LogP contribution in [0.3, 0.4) is 0 Å². The maximum Gasteiger partial charge on any atom is 0.237 e. The molecule has 8 heteroatoms. The topological polar surface area (TPSA) is 101 Å². The van der Waals surface area contributed by atoms with Crippen molar-refractivity contribution in [1.29, 1.82) is 0 Å². The van der Waals surface area contributed by atoms with Crippen LogP contribution in [-0.2, 0) is 27.1 Å². The predicted molar refractivity (Wildman–Crippen MR) is 104 cm³/mol. The Morgan fingerprint density at radius 3 is 2.20 bits per heavy atom. The highest BCUT2D eigenvalue weighted by Gasteiger charge is 2.17. The van der Waals surface area contributed by atoms with Crippen LogP contribution in [0.5, 0.6) is 0 Å². The summed E-state index contributed by atoms with van der Waals surface area (Å²) in [5.41, 5.74) is 7.30. The molecule has 1 aromatic carbocycles. The molecule has 0 aromatic heterocycles. The lowest BCUT2D eigenvalue weighted by molar-refractivity contribution is -0.122. The molecule has 25 heavy (non-hydrogen) atoms. The van der Waals surface area contributed by atoms with E-state index in [2.05, 4.69) is 10.0 Å². The number of carbonyl (C=O) groups excluding carboxylic acids is 1. The van der Waals surface area contributed by atoms with Crippen LogP contribution in [0, 0.1) is 5.92 Å². The van der Waals surface area contributed by atoms with Gasteiger partial charge in [-0.25, -0.2) is 13.1 Å². The summed E-state index contributed by atoms with van der Waals surface area (Å²) >= 11 is 0. The highest BCUT2D eigenvalue weighted by atomic mass is 35.5. The van der Waals surface area contributed by atoms with Crippen molar-refractivity contribution < 1.29 is 13.2 Å². The predicted octanol–water partition coefficient (Wildman–Crippen LogP) is 1.93. The molecule has 0 unspecified atom stereocenters. The van der Waals surface area contributed by atoms with Crippen molar-refractivity contribution in [3.8, 4) is 0 Å². The zero-order valence-electron chi connectivity index (χ0n) is 15.3. The maximum absolute atomic E-state index is 12.1. The molecule has 0 saturated carbocycles. The highest BCUT2D eigenvalue weighted by Crippen LogP contribution is 2.13. The van der Waals surface area contributed by atoms with Gasteiger partial charge >= 0.3 is 0 Å². The van der Waals surface area contributed by atoms with Crippen LogP contribution in [0.1, 0.15) is 45.2 Å². The molecule has 0 heterocycles. The number of benzene rings is 1. The molecular formula is C17H30ClN3O3S. The van der Waals surface area contributed by atoms with Gasteiger partial charge in [-0.2, -0.15) is 0 Å². The summed E-state index contributed by atoms with van der Waals surface area (Å²) in [5, 5.41) is 2.79. The summed E-state index contributed by atoms with van der Waals surface area (Å²) in [4.78, 5) is 12.0. The van der Waals surface area contributed by atoms with Gasteiger partial charge in [0, 0.05) is 12.6 Å². The molecule has 1 atom stereocenters. The lowest BCUT2D eigenvalue weighted by Gasteiger charge is -2.16. The largest absolute Gasteiger partial charge is 0.351 e. The molecule has 4 N–H and O–H groups in total. The van der Waals surface area contributed by atoms with Crippen molar-refractivity contribution >= 4 is 28.3 Å². The summed E-state index contributed by atoms with van der Waals surface area (Å²) in [5.74, 6) is 0.00175. The molecule has 144 valence electrons. The van der Waals surface area contributed by atoms with Crippen molar-refractivity contribution in [2.75, 3.05) is 0 Å². The fourth-order valence-corrected chi connectivity index (χ4v) is 3.90. The van der Waals surface area contributed by atoms with Gasteiger partial charge < -0.3 is 11.1 Å². The Morgan fingerprint density at radius 2 is 1.68 bits per heavy atom. The first-order valence-corrected chi connectivity index (χ1v) is 9.86. The monoisotopic (exact) mass is 391 g/mol. The number of nitrogens with one attached hydrogen (secondary N) is 2. The van der Waals surface area contributed by atoms with Gasteiger partial charge in [0.2, 0.25) is 15.9 Å². The first kappa shape index (κ1) is 23.9. The zero-order valence-corrected chi connectivity index (χ0v) is 16.9. The van der Waals surface area contributed by atoms with Crippen molar-refractivity contribution in [3.63, 3.8) is 0 Å². The van der Waals surface area contributed by atoms with Crippen LogP contribution in [0.2, 0.25) is 0 Å². The van der Waals surface area contributed by atoms with Gasteiger partial charge in [-0.1, -0.05) is 38.1 Å². The Labute approximate surface area is 157 Å². The first-order chi connectivity index (χ1) is 11.1. The quantitative estimate of drug-likeness (QED) is 0.598. The third kappa shape index (κ3) is 9.21. The second-order valence-electron chi connectivity index (χ2n) is 6.75. The molecule has 0 saturated heterocycles. The smallest absolute Gasteiger partial charge is 0.237 e. The second kappa shape index (κ2) is 10.8. The van der Waals surface area contributed by atoms with E-state index < -0.39 is 16.1 Å². The number of rotatable bonds is 9. The molecule has 1 amide bonds. The van der Waals surface area contributed by atoms with E-state index in [0.717, 1.165) is 5.56 Å². The molecule has 6 nitrogen and oxygen atoms in total. The van der Waals surface area contributed by atoms with Gasteiger partial charge in [-0.3, -0.25) is 4.79 Å². The van der Waals surface area contributed by atoms with E-state index in [1.54, 1.807) is 26.0 Å². The maximum atomic E-state index is 12.1. The Bertz CT molecular complexity index is 648. The van der Waals surface area contributed by atoms with Crippen molar-refractivity contribution in [1.82, 2.24) is 10.0 Å². The van der Waals surface area contributed by atoms with Gasteiger partial charge in [0.05, 0.1) is 11.8 Å². The Morgan fingerprint density at radius 1 is 1.12 bits per heavy atom. The van der Waals surface area contributed by atoms with Gasteiger partial charge in [0.15, 0.2) is 0 Å². The SMILES string of the molecule is CC(C)C[C@H](N)C(=O)NCc1ccccc1CS(=O)(=O)NC(C)C.Cl. The van der Waals surface area contributed by atoms with Crippen LogP contribution >= 0.6 is 12.4 Å². The van der Waals surface area contributed by atoms with Crippen molar-refractivity contribution in [3.05, 3.63) is 35.4 Å². The summed E-state index contributed by atoms with van der Waals surface area (Å²) in [7, 11) is -3.41. The summed E-state index contributed by atoms with van der Waals surface area (Å²) in [6, 6.07) is 6.47. The van der Waals surface area contributed by atoms with Crippen molar-refractivity contribution in [2.45, 2.75) is 58.5 Å². The lowest BCUT2D eigenvalue weighted by Crippen LogP contribution is -2.41. The molecule has 0 radical (unpaired) electrons. The Balaban J connectivity index is 0.00000576. The van der Waals surface area contributed by atoms with Crippen LogP contribution in [0.25, 0.3) is 0 Å². The van der Waals surface area contributed by atoms with E-state index in [9.17, 15) is 13.2 Å². The highest BCUT2D eigenvalue weighted by molar-refractivity contribution is 7.88. The molecule has 0 aliphatic heterocycles. The molecule has 0 aliphatic rings. The first-order valence-electron chi connectivity index (χ1n) is 8.20. The average molecular weight is 392 g/mol. The summed E-state index contributed by atoms with van der Waals surface area (Å²) < 4.78 is 26.8. The normalized spacial score (nSPS) is 12.8. The van der Waals surface area contributed by atoms with E-state index in [1.165, 1.54) is 0 Å². The van der Waals surface area contributed by atoms with E-state index in [-0.39, 0.29) is 36.7 Å². The minimum absolute atomic E-state index is 0. The number of halogens is 1. The third-order valence-corrected chi connectivity index (χ3v) is 4.92. The fourth-order valence-electron chi connectivity index (χ4n) is 2.40. The standard InChI is InChI=1S/C17H29N3O3S.ClH/c1-12(2)9-16(18)17(21)19-10-14-7-5-6-8-15(14)11-24(22,23)20-13(3)4;/h5-8,12-13,16,20H,9-11,18H2,1-4H3,(H,19,21);1H/t16-;/m0./s1. The van der Waals surface area contributed by atoms with Gasteiger partial charge in [0.1, 0.15) is 0 Å². The van der Waals surface area contributed by atoms with Gasteiger partial charge in [0.25, 0.3) is 0 Å². The average Bonchev–Trinajstić information content (AvgIpc) is 2.43. The van der Waals surface area contributed by atoms with Crippen LogP contribution < -0.4 is 15.8 Å². The molecule has 1 aromatic rings. The lowest BCUT2D eigenvalue weighted by atomic mass is 10.0. The number of hydrogen-bond acceptors (Lipinski definition) is 4. The number of amides is 1. The number of carbonyl (C=O) groups is 1. The summed E-state index contributed by atoms with van der Waals surface area (Å²) in [6.07, 6.45) is 0.611. The fraction of sp³-hybridized carbons (Fsp3) is 0.588. The Kier molecular flexibility index (Phi) is 10.3. The number of hydrogen-bond donors (Lipinski definition) is 3. The van der Waals surface area contributed by atoms with Crippen LogP contribution in [0.15, 0.2) is 24.3 Å². The Hall–Kier alpha value is -1.15. The second-order valence-corrected chi connectivity index (χ2v) is 8.51. The van der Waals surface area contributed by atoms with Crippen LogP contribution in [0.4, 0.5) is 0 Å². The van der Waals surface area contributed by atoms with Crippen molar-refractivity contribution in [2.24, 2.45) is 11.7 Å². The minimum Gasteiger partial charge on any atom is -0.351 e. The molecule has 0 spiro atoms. The van der Waals surface area contributed by atoms with E-state index >= 15 is 0 Å². The van der Waals surface area contributed by atoms with E-state index in [4.69, 9.17) is 5.73 Å². The van der Waals surface area contributed by atoms with E-state index in [0.29, 0.717) is 17.9 Å². The molecule has 0 aliphatic carbocycles. The summed E-state index contributed by atoms with van der Waals surface area (Å²) in [6.45, 7) is 7.83. The molecular weight excluding hydrogens is 362 g/mol. The van der Waals surface area contributed by atoms with E-state index in [1.807, 2.05) is 26.0 Å².